The number of aromatic amines is 1. The fraction of sp³-hybridized carbons (Fsp3) is 0.500. The molecule has 0 saturated heterocycles. The van der Waals surface area contributed by atoms with Crippen LogP contribution in [0.1, 0.15) is 56.3 Å². The molecule has 2 N–H and O–H groups in total. The highest BCUT2D eigenvalue weighted by molar-refractivity contribution is 7.71. The summed E-state index contributed by atoms with van der Waals surface area (Å²) < 4.78 is 1.90. The number of benzene rings is 1. The molecule has 1 aromatic heterocycles. The first kappa shape index (κ1) is 16.9. The zero-order chi connectivity index (χ0) is 17.3. The summed E-state index contributed by atoms with van der Waals surface area (Å²) >= 11 is 5.23. The van der Waals surface area contributed by atoms with E-state index < -0.39 is 0 Å². The molecule has 6 heteroatoms. The van der Waals surface area contributed by atoms with Crippen molar-refractivity contribution in [2.75, 3.05) is 0 Å². The number of nitrogens with zero attached hydrogens (tertiary/aromatic N) is 1. The van der Waals surface area contributed by atoms with Crippen LogP contribution in [-0.2, 0) is 6.54 Å². The number of fused-ring (bicyclic) bond motifs is 1. The number of carbonyl (C=O) groups is 1. The van der Waals surface area contributed by atoms with Gasteiger partial charge in [0.2, 0.25) is 0 Å². The van der Waals surface area contributed by atoms with E-state index in [2.05, 4.69) is 17.2 Å². The number of amides is 1. The molecular formula is C18H23N3O2S. The summed E-state index contributed by atoms with van der Waals surface area (Å²) in [6.45, 7) is 4.51. The Morgan fingerprint density at radius 1 is 1.33 bits per heavy atom. The summed E-state index contributed by atoms with van der Waals surface area (Å²) in [6.07, 6.45) is 5.56. The average molecular weight is 345 g/mol. The molecule has 128 valence electrons. The number of H-pyrrole nitrogens is 1. The molecule has 24 heavy (non-hydrogen) atoms. The van der Waals surface area contributed by atoms with Gasteiger partial charge in [-0.1, -0.05) is 19.3 Å². The molecule has 1 aliphatic rings. The van der Waals surface area contributed by atoms with E-state index in [9.17, 15) is 9.59 Å². The highest BCUT2D eigenvalue weighted by Crippen LogP contribution is 2.28. The summed E-state index contributed by atoms with van der Waals surface area (Å²) in [5.74, 6) is -0.0970. The van der Waals surface area contributed by atoms with Crippen molar-refractivity contribution in [2.24, 2.45) is 0 Å². The lowest BCUT2D eigenvalue weighted by Crippen LogP contribution is -2.47. The predicted molar refractivity (Wildman–Crippen MR) is 98.0 cm³/mol. The number of hydrogen-bond donors (Lipinski definition) is 2. The smallest absolute Gasteiger partial charge is 0.262 e. The lowest BCUT2D eigenvalue weighted by Gasteiger charge is -2.34. The maximum absolute atomic E-state index is 12.6. The lowest BCUT2D eigenvalue weighted by molar-refractivity contribution is 0.0883. The van der Waals surface area contributed by atoms with Gasteiger partial charge >= 0.3 is 0 Å². The van der Waals surface area contributed by atoms with Gasteiger partial charge in [0.25, 0.3) is 11.5 Å². The molecule has 3 rings (SSSR count). The Morgan fingerprint density at radius 2 is 2.04 bits per heavy atom. The molecular weight excluding hydrogens is 322 g/mol. The van der Waals surface area contributed by atoms with Crippen molar-refractivity contribution >= 4 is 29.0 Å². The molecule has 1 fully saturated rings. The van der Waals surface area contributed by atoms with E-state index in [0.717, 1.165) is 25.7 Å². The standard InChI is InChI=1S/C18H23N3O2S/c1-3-21-16(23)13-8-7-12(11-14(13)19-17(21)24)15(22)20-18(2)9-5-4-6-10-18/h7-8,11H,3-6,9-10H2,1-2H3,(H,19,24)(H,20,22). The Bertz CT molecular complexity index is 891. The zero-order valence-corrected chi connectivity index (χ0v) is 15.0. The predicted octanol–water partition coefficient (Wildman–Crippen LogP) is 3.53. The quantitative estimate of drug-likeness (QED) is 0.836. The Kier molecular flexibility index (Phi) is 4.58. The molecule has 0 atom stereocenters. The topological polar surface area (TPSA) is 66.9 Å². The van der Waals surface area contributed by atoms with E-state index in [-0.39, 0.29) is 17.0 Å². The van der Waals surface area contributed by atoms with Gasteiger partial charge in [0.15, 0.2) is 4.77 Å². The minimum absolute atomic E-state index is 0.0970. The van der Waals surface area contributed by atoms with Crippen LogP contribution in [0.2, 0.25) is 0 Å². The number of hydrogen-bond acceptors (Lipinski definition) is 3. The first-order valence-corrected chi connectivity index (χ1v) is 8.94. The third-order valence-electron chi connectivity index (χ3n) is 4.93. The molecule has 1 aliphatic carbocycles. The summed E-state index contributed by atoms with van der Waals surface area (Å²) in [6, 6.07) is 5.13. The zero-order valence-electron chi connectivity index (χ0n) is 14.1. The molecule has 0 aliphatic heterocycles. The third kappa shape index (κ3) is 3.15. The second-order valence-electron chi connectivity index (χ2n) is 6.82. The van der Waals surface area contributed by atoms with Crippen LogP contribution in [0.25, 0.3) is 10.9 Å². The van der Waals surface area contributed by atoms with Crippen LogP contribution in [0.3, 0.4) is 0 Å². The second-order valence-corrected chi connectivity index (χ2v) is 7.20. The lowest BCUT2D eigenvalue weighted by atomic mass is 9.83. The summed E-state index contributed by atoms with van der Waals surface area (Å²) in [5, 5.41) is 3.71. The molecule has 0 unspecified atom stereocenters. The second kappa shape index (κ2) is 6.51. The fourth-order valence-electron chi connectivity index (χ4n) is 3.49. The van der Waals surface area contributed by atoms with Gasteiger partial charge in [-0.15, -0.1) is 0 Å². The van der Waals surface area contributed by atoms with Crippen LogP contribution >= 0.6 is 12.2 Å². The maximum atomic E-state index is 12.6. The average Bonchev–Trinajstić information content (AvgIpc) is 2.55. The van der Waals surface area contributed by atoms with Gasteiger partial charge in [0.1, 0.15) is 0 Å². The van der Waals surface area contributed by atoms with E-state index in [1.54, 1.807) is 18.2 Å². The van der Waals surface area contributed by atoms with Crippen LogP contribution in [0, 0.1) is 4.77 Å². The number of aromatic nitrogens is 2. The number of rotatable bonds is 3. The molecule has 0 radical (unpaired) electrons. The Labute approximate surface area is 146 Å². The van der Waals surface area contributed by atoms with Crippen molar-refractivity contribution in [3.63, 3.8) is 0 Å². The minimum atomic E-state index is -0.136. The highest BCUT2D eigenvalue weighted by Gasteiger charge is 2.28. The number of carbonyl (C=O) groups excluding carboxylic acids is 1. The van der Waals surface area contributed by atoms with Crippen molar-refractivity contribution in [2.45, 2.75) is 58.0 Å². The van der Waals surface area contributed by atoms with Crippen LogP contribution in [-0.4, -0.2) is 21.0 Å². The van der Waals surface area contributed by atoms with Gasteiger partial charge in [0.05, 0.1) is 10.9 Å². The molecule has 5 nitrogen and oxygen atoms in total. The van der Waals surface area contributed by atoms with Crippen molar-refractivity contribution in [3.05, 3.63) is 38.9 Å². The van der Waals surface area contributed by atoms with Gasteiger partial charge in [-0.05, 0) is 57.1 Å². The summed E-state index contributed by atoms with van der Waals surface area (Å²) in [7, 11) is 0. The van der Waals surface area contributed by atoms with Crippen LogP contribution < -0.4 is 10.9 Å². The molecule has 0 bridgehead atoms. The normalized spacial score (nSPS) is 16.9. The first-order chi connectivity index (χ1) is 11.4. The molecule has 1 saturated carbocycles. The Morgan fingerprint density at radius 3 is 2.71 bits per heavy atom. The highest BCUT2D eigenvalue weighted by atomic mass is 32.1. The van der Waals surface area contributed by atoms with Crippen molar-refractivity contribution in [1.29, 1.82) is 0 Å². The fourth-order valence-corrected chi connectivity index (χ4v) is 3.81. The van der Waals surface area contributed by atoms with Gasteiger partial charge in [-0.25, -0.2) is 0 Å². The Balaban J connectivity index is 1.94. The molecule has 1 amide bonds. The van der Waals surface area contributed by atoms with Crippen molar-refractivity contribution in [1.82, 2.24) is 14.9 Å². The third-order valence-corrected chi connectivity index (χ3v) is 5.26. The van der Waals surface area contributed by atoms with Gasteiger partial charge < -0.3 is 10.3 Å². The van der Waals surface area contributed by atoms with Crippen LogP contribution in [0.4, 0.5) is 0 Å². The van der Waals surface area contributed by atoms with E-state index in [1.807, 2.05) is 6.92 Å². The van der Waals surface area contributed by atoms with Crippen molar-refractivity contribution < 1.29 is 4.79 Å². The van der Waals surface area contributed by atoms with Gasteiger partial charge in [-0.2, -0.15) is 0 Å². The first-order valence-electron chi connectivity index (χ1n) is 8.53. The van der Waals surface area contributed by atoms with E-state index in [0.29, 0.717) is 27.8 Å². The minimum Gasteiger partial charge on any atom is -0.347 e. The largest absolute Gasteiger partial charge is 0.347 e. The molecule has 1 heterocycles. The molecule has 1 aromatic carbocycles. The SMILES string of the molecule is CCn1c(=S)[nH]c2cc(C(=O)NC3(C)CCCCC3)ccc2c1=O. The van der Waals surface area contributed by atoms with Crippen LogP contribution in [0.15, 0.2) is 23.0 Å². The molecule has 2 aromatic rings. The van der Waals surface area contributed by atoms with E-state index in [1.165, 1.54) is 11.0 Å². The number of nitrogens with one attached hydrogen (secondary N) is 2. The summed E-state index contributed by atoms with van der Waals surface area (Å²) in [5.41, 5.74) is 0.898. The van der Waals surface area contributed by atoms with E-state index >= 15 is 0 Å². The van der Waals surface area contributed by atoms with Crippen molar-refractivity contribution in [3.8, 4) is 0 Å². The van der Waals surface area contributed by atoms with Gasteiger partial charge in [0, 0.05) is 17.6 Å². The van der Waals surface area contributed by atoms with E-state index in [4.69, 9.17) is 12.2 Å². The van der Waals surface area contributed by atoms with Crippen LogP contribution in [0.5, 0.6) is 0 Å². The maximum Gasteiger partial charge on any atom is 0.262 e. The summed E-state index contributed by atoms with van der Waals surface area (Å²) in [4.78, 5) is 28.1. The Hall–Kier alpha value is -1.95. The monoisotopic (exact) mass is 345 g/mol. The van der Waals surface area contributed by atoms with Gasteiger partial charge in [-0.3, -0.25) is 14.2 Å². The molecule has 0 spiro atoms.